The highest BCUT2D eigenvalue weighted by Gasteiger charge is 2.21. The van der Waals surface area contributed by atoms with Crippen molar-refractivity contribution in [1.82, 2.24) is 19.9 Å². The molecule has 4 N–H and O–H groups in total. The van der Waals surface area contributed by atoms with Crippen molar-refractivity contribution in [2.45, 2.75) is 30.0 Å². The zero-order chi connectivity index (χ0) is 13.1. The third-order valence-corrected chi connectivity index (χ3v) is 3.59. The molecule has 2 aromatic heterocycles. The normalized spacial score (nSPS) is 12.7. The monoisotopic (exact) mass is 267 g/mol. The van der Waals surface area contributed by atoms with E-state index in [2.05, 4.69) is 19.9 Å². The van der Waals surface area contributed by atoms with E-state index in [1.165, 1.54) is 18.1 Å². The Bertz CT molecular complexity index is 570. The van der Waals surface area contributed by atoms with Gasteiger partial charge in [-0.25, -0.2) is 9.97 Å². The van der Waals surface area contributed by atoms with Gasteiger partial charge in [-0.05, 0) is 6.42 Å². The van der Waals surface area contributed by atoms with E-state index in [-0.39, 0.29) is 5.95 Å². The Morgan fingerprint density at radius 3 is 3.06 bits per heavy atom. The van der Waals surface area contributed by atoms with Crippen molar-refractivity contribution in [1.29, 1.82) is 0 Å². The molecule has 0 spiro atoms. The summed E-state index contributed by atoms with van der Waals surface area (Å²) in [6.07, 6.45) is 2.84. The fourth-order valence-corrected chi connectivity index (χ4v) is 2.68. The Hall–Kier alpha value is -1.83. The molecule has 0 aliphatic rings. The number of nitrogens with zero attached hydrogens (tertiary/aromatic N) is 3. The molecule has 0 saturated carbocycles. The number of nitrogens with one attached hydrogen (secondary N) is 1. The number of aromatic nitrogens is 4. The van der Waals surface area contributed by atoms with Crippen molar-refractivity contribution < 1.29 is 9.90 Å². The van der Waals surface area contributed by atoms with Crippen molar-refractivity contribution in [2.24, 2.45) is 0 Å². The van der Waals surface area contributed by atoms with Crippen LogP contribution in [0.3, 0.4) is 0 Å². The molecule has 0 aliphatic carbocycles. The first-order valence-electron chi connectivity index (χ1n) is 5.48. The van der Waals surface area contributed by atoms with Crippen LogP contribution in [0.15, 0.2) is 11.4 Å². The number of H-pyrrole nitrogens is 1. The number of nitrogen functional groups attached to an aromatic ring is 1. The summed E-state index contributed by atoms with van der Waals surface area (Å²) >= 11 is 1.17. The lowest BCUT2D eigenvalue weighted by Crippen LogP contribution is -2.16. The predicted octanol–water partition coefficient (Wildman–Crippen LogP) is 1.28. The average molecular weight is 267 g/mol. The van der Waals surface area contributed by atoms with E-state index in [1.807, 2.05) is 6.92 Å². The van der Waals surface area contributed by atoms with E-state index in [1.54, 1.807) is 0 Å². The van der Waals surface area contributed by atoms with Gasteiger partial charge in [0, 0.05) is 0 Å². The van der Waals surface area contributed by atoms with Gasteiger partial charge in [0.05, 0.1) is 6.33 Å². The van der Waals surface area contributed by atoms with Gasteiger partial charge in [0.2, 0.25) is 5.95 Å². The molecule has 0 saturated heterocycles. The molecule has 0 radical (unpaired) electrons. The van der Waals surface area contributed by atoms with E-state index in [0.717, 1.165) is 6.42 Å². The van der Waals surface area contributed by atoms with Crippen molar-refractivity contribution in [3.8, 4) is 0 Å². The van der Waals surface area contributed by atoms with Crippen LogP contribution in [0, 0.1) is 0 Å². The summed E-state index contributed by atoms with van der Waals surface area (Å²) < 4.78 is 0. The molecule has 7 nitrogen and oxygen atoms in total. The van der Waals surface area contributed by atoms with Crippen molar-refractivity contribution in [3.05, 3.63) is 6.33 Å². The topological polar surface area (TPSA) is 118 Å². The Kier molecular flexibility index (Phi) is 3.66. The highest BCUT2D eigenvalue weighted by molar-refractivity contribution is 8.00. The van der Waals surface area contributed by atoms with Crippen LogP contribution in [-0.4, -0.2) is 36.3 Å². The van der Waals surface area contributed by atoms with Gasteiger partial charge in [0.25, 0.3) is 0 Å². The van der Waals surface area contributed by atoms with Crippen LogP contribution >= 0.6 is 11.8 Å². The van der Waals surface area contributed by atoms with Gasteiger partial charge in [-0.1, -0.05) is 25.1 Å². The van der Waals surface area contributed by atoms with Crippen LogP contribution < -0.4 is 5.73 Å². The third kappa shape index (κ3) is 2.53. The number of nitrogens with two attached hydrogens (primary N) is 1. The van der Waals surface area contributed by atoms with Crippen molar-refractivity contribution in [2.75, 3.05) is 5.73 Å². The Balaban J connectivity index is 2.34. The van der Waals surface area contributed by atoms with Crippen LogP contribution in [0.2, 0.25) is 0 Å². The van der Waals surface area contributed by atoms with Gasteiger partial charge >= 0.3 is 5.97 Å². The number of anilines is 1. The lowest BCUT2D eigenvalue weighted by atomic mass is 10.2. The lowest BCUT2D eigenvalue weighted by Gasteiger charge is -2.10. The lowest BCUT2D eigenvalue weighted by molar-refractivity contribution is -0.136. The number of fused-ring (bicyclic) bond motifs is 1. The number of carboxylic acids is 1. The molecule has 0 aromatic carbocycles. The minimum atomic E-state index is -0.855. The molecule has 8 heteroatoms. The Labute approximate surface area is 107 Å². The molecule has 0 unspecified atom stereocenters. The smallest absolute Gasteiger partial charge is 0.317 e. The number of rotatable bonds is 5. The fraction of sp³-hybridized carbons (Fsp3) is 0.400. The summed E-state index contributed by atoms with van der Waals surface area (Å²) in [6, 6.07) is 0. The number of aliphatic carboxylic acids is 1. The molecule has 96 valence electrons. The highest BCUT2D eigenvalue weighted by atomic mass is 32.2. The number of hydrogen-bond donors (Lipinski definition) is 3. The van der Waals surface area contributed by atoms with E-state index in [4.69, 9.17) is 10.8 Å². The van der Waals surface area contributed by atoms with Crippen LogP contribution in [0.4, 0.5) is 5.95 Å². The zero-order valence-corrected chi connectivity index (χ0v) is 10.6. The van der Waals surface area contributed by atoms with Gasteiger partial charge in [-0.3, -0.25) is 4.79 Å². The number of aromatic amines is 1. The quantitative estimate of drug-likeness (QED) is 0.551. The second-order valence-corrected chi connectivity index (χ2v) is 4.91. The number of carbonyl (C=O) groups is 1. The average Bonchev–Trinajstić information content (AvgIpc) is 2.76. The second-order valence-electron chi connectivity index (χ2n) is 3.72. The molecule has 1 atom stereocenters. The van der Waals surface area contributed by atoms with Gasteiger partial charge in [-0.2, -0.15) is 4.98 Å². The van der Waals surface area contributed by atoms with E-state index >= 15 is 0 Å². The minimum Gasteiger partial charge on any atom is -0.480 e. The molecular weight excluding hydrogens is 254 g/mol. The summed E-state index contributed by atoms with van der Waals surface area (Å²) in [5, 5.41) is 9.11. The van der Waals surface area contributed by atoms with Gasteiger partial charge in [0.1, 0.15) is 15.8 Å². The maximum atomic E-state index is 11.1. The van der Waals surface area contributed by atoms with Crippen LogP contribution in [0.25, 0.3) is 11.2 Å². The van der Waals surface area contributed by atoms with Gasteiger partial charge in [-0.15, -0.1) is 0 Å². The standard InChI is InChI=1S/C10H13N5O2S/c1-2-3-5(9(16)17)18-8-6-7(13-4-12-6)14-10(11)15-8/h4-5H,2-3H2,1H3,(H,16,17)(H3,11,12,13,14,15)/t5-/m1/s1. The Morgan fingerprint density at radius 1 is 1.61 bits per heavy atom. The maximum absolute atomic E-state index is 11.1. The molecule has 0 amide bonds. The molecule has 18 heavy (non-hydrogen) atoms. The predicted molar refractivity (Wildman–Crippen MR) is 68.3 cm³/mol. The van der Waals surface area contributed by atoms with Crippen molar-refractivity contribution >= 4 is 34.8 Å². The molecule has 2 heterocycles. The number of imidazole rings is 1. The highest BCUT2D eigenvalue weighted by Crippen LogP contribution is 2.29. The Morgan fingerprint density at radius 2 is 2.39 bits per heavy atom. The number of thioether (sulfide) groups is 1. The van der Waals surface area contributed by atoms with E-state index in [0.29, 0.717) is 22.6 Å². The van der Waals surface area contributed by atoms with Crippen LogP contribution in [-0.2, 0) is 4.79 Å². The second kappa shape index (κ2) is 5.21. The first kappa shape index (κ1) is 12.6. The molecule has 0 fully saturated rings. The van der Waals surface area contributed by atoms with Crippen LogP contribution in [0.5, 0.6) is 0 Å². The van der Waals surface area contributed by atoms with E-state index in [9.17, 15) is 4.79 Å². The first-order valence-corrected chi connectivity index (χ1v) is 6.35. The van der Waals surface area contributed by atoms with E-state index < -0.39 is 11.2 Å². The van der Waals surface area contributed by atoms with Crippen molar-refractivity contribution in [3.63, 3.8) is 0 Å². The summed E-state index contributed by atoms with van der Waals surface area (Å²) in [6.45, 7) is 1.94. The molecule has 0 aliphatic heterocycles. The molecule has 2 rings (SSSR count). The summed E-state index contributed by atoms with van der Waals surface area (Å²) in [5.74, 6) is -0.760. The summed E-state index contributed by atoms with van der Waals surface area (Å²) in [5.41, 5.74) is 6.64. The molecular formula is C10H13N5O2S. The zero-order valence-electron chi connectivity index (χ0n) is 9.75. The summed E-state index contributed by atoms with van der Waals surface area (Å²) in [4.78, 5) is 26.1. The number of carboxylic acid groups (broad SMARTS) is 1. The minimum absolute atomic E-state index is 0.0951. The fourth-order valence-electron chi connectivity index (χ4n) is 1.54. The summed E-state index contributed by atoms with van der Waals surface area (Å²) in [7, 11) is 0. The van der Waals surface area contributed by atoms with Gasteiger partial charge in [0.15, 0.2) is 5.65 Å². The largest absolute Gasteiger partial charge is 0.480 e. The van der Waals surface area contributed by atoms with Gasteiger partial charge < -0.3 is 15.8 Å². The molecule has 0 bridgehead atoms. The maximum Gasteiger partial charge on any atom is 0.317 e. The first-order chi connectivity index (χ1) is 8.61. The SMILES string of the molecule is CCC[C@@H](Sc1nc(N)nc2nc[nH]c12)C(=O)O. The third-order valence-electron chi connectivity index (χ3n) is 2.35. The number of hydrogen-bond acceptors (Lipinski definition) is 6. The van der Waals surface area contributed by atoms with Crippen LogP contribution in [0.1, 0.15) is 19.8 Å². The molecule has 2 aromatic rings.